The number of hydrogen-bond donors (Lipinski definition) is 0. The molecule has 0 saturated carbocycles. The fourth-order valence-corrected chi connectivity index (χ4v) is 3.70. The third kappa shape index (κ3) is 4.07. The molecule has 1 unspecified atom stereocenters. The van der Waals surface area contributed by atoms with Crippen LogP contribution in [0.2, 0.25) is 18.6 Å². The number of hydrogen-bond acceptors (Lipinski definition) is 4. The van der Waals surface area contributed by atoms with Crippen LogP contribution in [0.25, 0.3) is 0 Å². The maximum Gasteiger partial charge on any atom is 0.308 e. The minimum Gasteiger partial charge on any atom is -0.466 e. The van der Waals surface area contributed by atoms with Crippen molar-refractivity contribution in [3.05, 3.63) is 0 Å². The van der Waals surface area contributed by atoms with E-state index in [9.17, 15) is 4.79 Å². The van der Waals surface area contributed by atoms with Gasteiger partial charge in [0, 0.05) is 12.6 Å². The van der Waals surface area contributed by atoms with Gasteiger partial charge in [-0.25, -0.2) is 0 Å². The quantitative estimate of drug-likeness (QED) is 0.549. The SMILES string of the molecule is CCOC(=O)C(C)[Si](C)(C)OC[C@@H]1CCCN1C. The zero-order valence-corrected chi connectivity index (χ0v) is 13.4. The lowest BCUT2D eigenvalue weighted by Crippen LogP contribution is -2.43. The summed E-state index contributed by atoms with van der Waals surface area (Å²) in [6.45, 7) is 10.3. The van der Waals surface area contributed by atoms with Gasteiger partial charge >= 0.3 is 5.97 Å². The Balaban J connectivity index is 2.45. The summed E-state index contributed by atoms with van der Waals surface area (Å²) < 4.78 is 11.2. The second-order valence-electron chi connectivity index (χ2n) is 5.66. The first-order valence-electron chi connectivity index (χ1n) is 6.89. The van der Waals surface area contributed by atoms with Crippen LogP contribution in [0, 0.1) is 0 Å². The molecule has 1 aliphatic heterocycles. The van der Waals surface area contributed by atoms with Crippen molar-refractivity contribution in [2.24, 2.45) is 0 Å². The molecule has 1 fully saturated rings. The number of likely N-dealkylation sites (N-methyl/N-ethyl adjacent to an activating group) is 1. The smallest absolute Gasteiger partial charge is 0.308 e. The average Bonchev–Trinajstić information content (AvgIpc) is 2.71. The maximum atomic E-state index is 11.8. The van der Waals surface area contributed by atoms with Gasteiger partial charge in [0.1, 0.15) is 0 Å². The molecule has 5 heteroatoms. The van der Waals surface area contributed by atoms with Gasteiger partial charge in [-0.2, -0.15) is 0 Å². The molecule has 18 heavy (non-hydrogen) atoms. The number of rotatable bonds is 6. The van der Waals surface area contributed by atoms with Gasteiger partial charge in [0.15, 0.2) is 0 Å². The number of esters is 1. The van der Waals surface area contributed by atoms with Crippen molar-refractivity contribution >= 4 is 14.3 Å². The number of likely N-dealkylation sites (tertiary alicyclic amines) is 1. The zero-order chi connectivity index (χ0) is 13.8. The maximum absolute atomic E-state index is 11.8. The Kier molecular flexibility index (Phi) is 5.81. The van der Waals surface area contributed by atoms with Gasteiger partial charge in [0.2, 0.25) is 8.32 Å². The minimum absolute atomic E-state index is 0.107. The Morgan fingerprint density at radius 2 is 2.17 bits per heavy atom. The van der Waals surface area contributed by atoms with E-state index >= 15 is 0 Å². The second-order valence-corrected chi connectivity index (χ2v) is 10.0. The molecule has 0 spiro atoms. The monoisotopic (exact) mass is 273 g/mol. The van der Waals surface area contributed by atoms with E-state index in [0.717, 1.165) is 13.2 Å². The highest BCUT2D eigenvalue weighted by molar-refractivity contribution is 6.75. The number of nitrogens with zero attached hydrogens (tertiary/aromatic N) is 1. The number of carbonyl (C=O) groups excluding carboxylic acids is 1. The first-order valence-corrected chi connectivity index (χ1v) is 9.88. The van der Waals surface area contributed by atoms with Crippen molar-refractivity contribution in [3.8, 4) is 0 Å². The van der Waals surface area contributed by atoms with E-state index in [4.69, 9.17) is 9.16 Å². The van der Waals surface area contributed by atoms with Crippen LogP contribution in [0.1, 0.15) is 26.7 Å². The molecule has 1 rings (SSSR count). The third-order valence-corrected chi connectivity index (χ3v) is 7.23. The summed E-state index contributed by atoms with van der Waals surface area (Å²) in [7, 11) is 0.138. The Morgan fingerprint density at radius 3 is 2.67 bits per heavy atom. The first-order chi connectivity index (χ1) is 8.38. The molecular weight excluding hydrogens is 246 g/mol. The van der Waals surface area contributed by atoms with Gasteiger partial charge in [0.25, 0.3) is 0 Å². The first kappa shape index (κ1) is 15.7. The molecule has 0 amide bonds. The highest BCUT2D eigenvalue weighted by Gasteiger charge is 2.37. The topological polar surface area (TPSA) is 38.8 Å². The molecule has 0 aliphatic carbocycles. The van der Waals surface area contributed by atoms with E-state index in [2.05, 4.69) is 25.0 Å². The molecular formula is C13H27NO3Si. The van der Waals surface area contributed by atoms with E-state index in [1.54, 1.807) is 0 Å². The van der Waals surface area contributed by atoms with E-state index in [1.807, 2.05) is 13.8 Å². The van der Waals surface area contributed by atoms with Crippen LogP contribution in [-0.4, -0.2) is 52.0 Å². The van der Waals surface area contributed by atoms with Crippen molar-refractivity contribution in [2.45, 2.75) is 51.4 Å². The number of carbonyl (C=O) groups is 1. The molecule has 106 valence electrons. The average molecular weight is 273 g/mol. The Morgan fingerprint density at radius 1 is 1.50 bits per heavy atom. The third-order valence-electron chi connectivity index (χ3n) is 4.00. The standard InChI is InChI=1S/C13H27NO3Si/c1-6-16-13(15)11(2)18(4,5)17-10-12-8-7-9-14(12)3/h11-12H,6-10H2,1-5H3/t11?,12-/m0/s1. The lowest BCUT2D eigenvalue weighted by molar-refractivity contribution is -0.143. The van der Waals surface area contributed by atoms with E-state index < -0.39 is 8.32 Å². The van der Waals surface area contributed by atoms with E-state index in [1.165, 1.54) is 12.8 Å². The van der Waals surface area contributed by atoms with Gasteiger partial charge in [-0.05, 0) is 46.5 Å². The Hall–Kier alpha value is -0.393. The summed E-state index contributed by atoms with van der Waals surface area (Å²) in [5.41, 5.74) is -0.107. The molecule has 0 aromatic rings. The summed E-state index contributed by atoms with van der Waals surface area (Å²) in [4.78, 5) is 14.1. The second kappa shape index (κ2) is 6.68. The summed E-state index contributed by atoms with van der Waals surface area (Å²) >= 11 is 0. The molecule has 0 N–H and O–H groups in total. The van der Waals surface area contributed by atoms with Crippen LogP contribution < -0.4 is 0 Å². The van der Waals surface area contributed by atoms with Gasteiger partial charge in [-0.1, -0.05) is 6.92 Å². The molecule has 0 aromatic heterocycles. The minimum atomic E-state index is -2.01. The molecule has 4 nitrogen and oxygen atoms in total. The van der Waals surface area contributed by atoms with Gasteiger partial charge < -0.3 is 14.1 Å². The highest BCUT2D eigenvalue weighted by atomic mass is 28.4. The fraction of sp³-hybridized carbons (Fsp3) is 0.923. The number of ether oxygens (including phenoxy) is 1. The Labute approximate surface area is 112 Å². The van der Waals surface area contributed by atoms with Crippen LogP contribution in [0.3, 0.4) is 0 Å². The van der Waals surface area contributed by atoms with E-state index in [-0.39, 0.29) is 11.5 Å². The van der Waals surface area contributed by atoms with Gasteiger partial charge in [-0.15, -0.1) is 0 Å². The lowest BCUT2D eigenvalue weighted by atomic mass is 10.2. The summed E-state index contributed by atoms with van der Waals surface area (Å²) in [6.07, 6.45) is 2.45. The van der Waals surface area contributed by atoms with Gasteiger partial charge in [-0.3, -0.25) is 4.79 Å². The predicted octanol–water partition coefficient (Wildman–Crippen LogP) is 2.26. The van der Waals surface area contributed by atoms with Crippen LogP contribution in [-0.2, 0) is 14.0 Å². The lowest BCUT2D eigenvalue weighted by Gasteiger charge is -2.30. The molecule has 1 heterocycles. The van der Waals surface area contributed by atoms with Crippen LogP contribution in [0.4, 0.5) is 0 Å². The largest absolute Gasteiger partial charge is 0.466 e. The molecule has 1 aliphatic rings. The normalized spacial score (nSPS) is 23.1. The predicted molar refractivity (Wildman–Crippen MR) is 75.1 cm³/mol. The molecule has 0 bridgehead atoms. The highest BCUT2D eigenvalue weighted by Crippen LogP contribution is 2.25. The summed E-state index contributed by atoms with van der Waals surface area (Å²) in [6, 6.07) is 0.520. The zero-order valence-electron chi connectivity index (χ0n) is 12.4. The Bertz CT molecular complexity index is 283. The van der Waals surface area contributed by atoms with Crippen LogP contribution >= 0.6 is 0 Å². The van der Waals surface area contributed by atoms with E-state index in [0.29, 0.717) is 12.6 Å². The van der Waals surface area contributed by atoms with Crippen LogP contribution in [0.5, 0.6) is 0 Å². The molecule has 2 atom stereocenters. The fourth-order valence-electron chi connectivity index (χ4n) is 2.18. The van der Waals surface area contributed by atoms with Crippen molar-refractivity contribution in [1.82, 2.24) is 4.90 Å². The summed E-state index contributed by atoms with van der Waals surface area (Å²) in [5.74, 6) is -0.117. The molecule has 1 saturated heterocycles. The van der Waals surface area contributed by atoms with Crippen molar-refractivity contribution in [2.75, 3.05) is 26.8 Å². The van der Waals surface area contributed by atoms with Crippen LogP contribution in [0.15, 0.2) is 0 Å². The van der Waals surface area contributed by atoms with Crippen molar-refractivity contribution < 1.29 is 14.0 Å². The molecule has 0 aromatic carbocycles. The summed E-state index contributed by atoms with van der Waals surface area (Å²) in [5, 5.41) is 0. The van der Waals surface area contributed by atoms with Gasteiger partial charge in [0.05, 0.1) is 12.1 Å². The van der Waals surface area contributed by atoms with Crippen molar-refractivity contribution in [1.29, 1.82) is 0 Å². The molecule has 0 radical (unpaired) electrons. The van der Waals surface area contributed by atoms with Crippen molar-refractivity contribution in [3.63, 3.8) is 0 Å².